The van der Waals surface area contributed by atoms with Crippen molar-refractivity contribution in [3.8, 4) is 5.75 Å². The molecule has 31 heavy (non-hydrogen) atoms. The van der Waals surface area contributed by atoms with Crippen LogP contribution in [0.1, 0.15) is 17.5 Å². The summed E-state index contributed by atoms with van der Waals surface area (Å²) in [5.74, 6) is 1.72. The van der Waals surface area contributed by atoms with Gasteiger partial charge in [-0.15, -0.1) is 24.0 Å². The van der Waals surface area contributed by atoms with Gasteiger partial charge in [0.05, 0.1) is 6.61 Å². The molecule has 0 unspecified atom stereocenters. The number of fused-ring (bicyclic) bond motifs is 1. The van der Waals surface area contributed by atoms with Crippen molar-refractivity contribution < 1.29 is 4.74 Å². The van der Waals surface area contributed by atoms with Crippen molar-refractivity contribution in [2.24, 2.45) is 4.99 Å². The number of aliphatic imine (C=N–C) groups is 1. The van der Waals surface area contributed by atoms with Gasteiger partial charge >= 0.3 is 0 Å². The highest BCUT2D eigenvalue weighted by Gasteiger charge is 2.04. The van der Waals surface area contributed by atoms with Gasteiger partial charge in [-0.05, 0) is 56.3 Å². The first kappa shape index (κ1) is 25.0. The van der Waals surface area contributed by atoms with Crippen molar-refractivity contribution in [3.63, 3.8) is 0 Å². The fourth-order valence-electron chi connectivity index (χ4n) is 3.33. The van der Waals surface area contributed by atoms with Crippen LogP contribution in [0, 0.1) is 0 Å². The minimum absolute atomic E-state index is 0. The first-order valence-corrected chi connectivity index (χ1v) is 10.5. The largest absolute Gasteiger partial charge is 0.494 e. The average Bonchev–Trinajstić information content (AvgIpc) is 3.17. The van der Waals surface area contributed by atoms with Crippen LogP contribution in [-0.2, 0) is 13.0 Å². The molecule has 0 aliphatic rings. The van der Waals surface area contributed by atoms with E-state index in [-0.39, 0.29) is 24.0 Å². The van der Waals surface area contributed by atoms with Gasteiger partial charge < -0.3 is 25.3 Å². The van der Waals surface area contributed by atoms with Crippen molar-refractivity contribution in [2.45, 2.75) is 19.4 Å². The van der Waals surface area contributed by atoms with Crippen LogP contribution in [0.2, 0.25) is 0 Å². The number of nitrogens with zero attached hydrogens (tertiary/aromatic N) is 2. The van der Waals surface area contributed by atoms with Crippen LogP contribution in [0.4, 0.5) is 0 Å². The number of aromatic amines is 1. The quantitative estimate of drug-likeness (QED) is 0.159. The summed E-state index contributed by atoms with van der Waals surface area (Å²) >= 11 is 0. The summed E-state index contributed by atoms with van der Waals surface area (Å²) < 4.78 is 5.79. The Morgan fingerprint density at radius 1 is 1.06 bits per heavy atom. The molecular weight excluding hydrogens is 501 g/mol. The Bertz CT molecular complexity index is 937. The third-order valence-electron chi connectivity index (χ3n) is 4.99. The third-order valence-corrected chi connectivity index (χ3v) is 4.99. The van der Waals surface area contributed by atoms with Crippen molar-refractivity contribution in [3.05, 3.63) is 65.9 Å². The average molecular weight is 535 g/mol. The predicted octanol–water partition coefficient (Wildman–Crippen LogP) is 4.02. The number of halogens is 1. The van der Waals surface area contributed by atoms with E-state index in [0.717, 1.165) is 44.2 Å². The van der Waals surface area contributed by atoms with Gasteiger partial charge in [-0.3, -0.25) is 4.99 Å². The normalized spacial score (nSPS) is 11.4. The second kappa shape index (κ2) is 13.2. The zero-order valence-corrected chi connectivity index (χ0v) is 21.0. The van der Waals surface area contributed by atoms with E-state index < -0.39 is 0 Å². The van der Waals surface area contributed by atoms with E-state index in [9.17, 15) is 0 Å². The number of benzene rings is 2. The van der Waals surface area contributed by atoms with Crippen molar-refractivity contribution in [2.75, 3.05) is 40.8 Å². The zero-order valence-electron chi connectivity index (χ0n) is 18.6. The van der Waals surface area contributed by atoms with E-state index in [1.54, 1.807) is 7.05 Å². The molecule has 0 amide bonds. The van der Waals surface area contributed by atoms with Gasteiger partial charge in [0.1, 0.15) is 5.75 Å². The molecule has 0 bridgehead atoms. The van der Waals surface area contributed by atoms with Gasteiger partial charge in [-0.1, -0.05) is 30.3 Å². The number of H-pyrrole nitrogens is 1. The molecule has 3 rings (SSSR count). The van der Waals surface area contributed by atoms with Crippen molar-refractivity contribution >= 4 is 40.8 Å². The lowest BCUT2D eigenvalue weighted by Gasteiger charge is -2.13. The van der Waals surface area contributed by atoms with E-state index in [2.05, 4.69) is 82.2 Å². The molecular formula is C24H34IN5O. The first-order valence-electron chi connectivity index (χ1n) is 10.5. The van der Waals surface area contributed by atoms with Crippen LogP contribution in [0.3, 0.4) is 0 Å². The molecule has 0 saturated heterocycles. The summed E-state index contributed by atoms with van der Waals surface area (Å²) in [4.78, 5) is 9.82. The van der Waals surface area contributed by atoms with Crippen LogP contribution < -0.4 is 15.4 Å². The topological polar surface area (TPSA) is 64.7 Å². The van der Waals surface area contributed by atoms with Gasteiger partial charge in [-0.25, -0.2) is 0 Å². The van der Waals surface area contributed by atoms with Gasteiger partial charge in [0, 0.05) is 43.8 Å². The Balaban J connectivity index is 0.00000341. The monoisotopic (exact) mass is 535 g/mol. The van der Waals surface area contributed by atoms with E-state index in [4.69, 9.17) is 4.74 Å². The molecule has 3 N–H and O–H groups in total. The Hall–Kier alpha value is -2.26. The summed E-state index contributed by atoms with van der Waals surface area (Å²) in [6, 6.07) is 16.6. The molecule has 2 aromatic carbocycles. The zero-order chi connectivity index (χ0) is 21.2. The fourth-order valence-corrected chi connectivity index (χ4v) is 3.33. The molecule has 0 saturated carbocycles. The number of nitrogens with one attached hydrogen (secondary N) is 3. The van der Waals surface area contributed by atoms with E-state index in [1.165, 1.54) is 22.0 Å². The SMILES string of the molecule is CN=C(NCCc1c[nH]c2ccccc12)NCc1ccc(OCCCN(C)C)cc1.I. The summed E-state index contributed by atoms with van der Waals surface area (Å²) in [6.45, 7) is 3.31. The van der Waals surface area contributed by atoms with Crippen LogP contribution in [-0.4, -0.2) is 56.7 Å². The summed E-state index contributed by atoms with van der Waals surface area (Å²) in [7, 11) is 5.95. The number of aromatic nitrogens is 1. The molecule has 0 aliphatic carbocycles. The summed E-state index contributed by atoms with van der Waals surface area (Å²) in [6.07, 6.45) is 4.05. The van der Waals surface area contributed by atoms with Gasteiger partial charge in [0.2, 0.25) is 0 Å². The van der Waals surface area contributed by atoms with E-state index >= 15 is 0 Å². The standard InChI is InChI=1S/C24H33N5O.HI/c1-25-24(26-14-13-20-18-27-23-8-5-4-7-22(20)23)28-17-19-9-11-21(12-10-19)30-16-6-15-29(2)3;/h4-5,7-12,18,27H,6,13-17H2,1-3H3,(H2,25,26,28);1H. The second-order valence-electron chi connectivity index (χ2n) is 7.61. The van der Waals surface area contributed by atoms with Gasteiger partial charge in [-0.2, -0.15) is 0 Å². The molecule has 0 fully saturated rings. The molecule has 1 aromatic heterocycles. The number of ether oxygens (including phenoxy) is 1. The number of rotatable bonds is 10. The lowest BCUT2D eigenvalue weighted by molar-refractivity contribution is 0.281. The Kier molecular flexibility index (Phi) is 10.7. The number of hydrogen-bond acceptors (Lipinski definition) is 3. The smallest absolute Gasteiger partial charge is 0.191 e. The maximum Gasteiger partial charge on any atom is 0.191 e. The molecule has 0 radical (unpaired) electrons. The van der Waals surface area contributed by atoms with Crippen LogP contribution in [0.15, 0.2) is 59.7 Å². The van der Waals surface area contributed by atoms with Crippen molar-refractivity contribution in [1.29, 1.82) is 0 Å². The van der Waals surface area contributed by atoms with E-state index in [1.807, 2.05) is 12.1 Å². The van der Waals surface area contributed by atoms with Crippen molar-refractivity contribution in [1.82, 2.24) is 20.5 Å². The predicted molar refractivity (Wildman–Crippen MR) is 141 cm³/mol. The highest BCUT2D eigenvalue weighted by Crippen LogP contribution is 2.17. The minimum Gasteiger partial charge on any atom is -0.494 e. The molecule has 168 valence electrons. The number of para-hydroxylation sites is 1. The Morgan fingerprint density at radius 3 is 2.58 bits per heavy atom. The number of guanidine groups is 1. The fraction of sp³-hybridized carbons (Fsp3) is 0.375. The number of hydrogen-bond donors (Lipinski definition) is 3. The highest BCUT2D eigenvalue weighted by molar-refractivity contribution is 14.0. The van der Waals surface area contributed by atoms with Gasteiger partial charge in [0.25, 0.3) is 0 Å². The van der Waals surface area contributed by atoms with Crippen LogP contribution in [0.5, 0.6) is 5.75 Å². The summed E-state index contributed by atoms with van der Waals surface area (Å²) in [5.41, 5.74) is 3.69. The highest BCUT2D eigenvalue weighted by atomic mass is 127. The molecule has 7 heteroatoms. The molecule has 0 atom stereocenters. The first-order chi connectivity index (χ1) is 14.7. The Morgan fingerprint density at radius 2 is 1.84 bits per heavy atom. The lowest BCUT2D eigenvalue weighted by atomic mass is 10.1. The molecule has 1 heterocycles. The van der Waals surface area contributed by atoms with Gasteiger partial charge in [0.15, 0.2) is 5.96 Å². The maximum absolute atomic E-state index is 5.79. The maximum atomic E-state index is 5.79. The Labute approximate surface area is 202 Å². The molecule has 0 aliphatic heterocycles. The molecule has 3 aromatic rings. The minimum atomic E-state index is 0. The summed E-state index contributed by atoms with van der Waals surface area (Å²) in [5, 5.41) is 8.05. The molecule has 0 spiro atoms. The van der Waals surface area contributed by atoms with Crippen LogP contribution in [0.25, 0.3) is 10.9 Å². The van der Waals surface area contributed by atoms with E-state index in [0.29, 0.717) is 6.54 Å². The van der Waals surface area contributed by atoms with Crippen LogP contribution >= 0.6 is 24.0 Å². The second-order valence-corrected chi connectivity index (χ2v) is 7.61. The third kappa shape index (κ3) is 8.06. The molecule has 6 nitrogen and oxygen atoms in total. The lowest BCUT2D eigenvalue weighted by Crippen LogP contribution is -2.37.